The predicted octanol–water partition coefficient (Wildman–Crippen LogP) is 2.78. The van der Waals surface area contributed by atoms with Crippen molar-refractivity contribution in [1.82, 2.24) is 15.1 Å². The molecular formula is C20H31N3O3. The van der Waals surface area contributed by atoms with E-state index < -0.39 is 11.9 Å². The molecule has 0 saturated carbocycles. The van der Waals surface area contributed by atoms with Crippen LogP contribution in [0.25, 0.3) is 0 Å². The van der Waals surface area contributed by atoms with Crippen LogP contribution in [0.1, 0.15) is 37.8 Å². The number of carbonyl (C=O) groups is 2. The quantitative estimate of drug-likeness (QED) is 0.783. The summed E-state index contributed by atoms with van der Waals surface area (Å²) in [5.74, 6) is -0.671. The molecule has 1 saturated heterocycles. The monoisotopic (exact) mass is 361 g/mol. The number of likely N-dealkylation sites (tertiary alicyclic amines) is 1. The maximum atomic E-state index is 12.2. The lowest BCUT2D eigenvalue weighted by atomic mass is 9.98. The van der Waals surface area contributed by atoms with Gasteiger partial charge in [0.1, 0.15) is 0 Å². The van der Waals surface area contributed by atoms with E-state index in [0.29, 0.717) is 6.54 Å². The van der Waals surface area contributed by atoms with E-state index in [1.807, 2.05) is 18.2 Å². The van der Waals surface area contributed by atoms with Crippen molar-refractivity contribution in [2.24, 2.45) is 11.8 Å². The summed E-state index contributed by atoms with van der Waals surface area (Å²) in [5.41, 5.74) is 2.35. The average Bonchev–Trinajstić information content (AvgIpc) is 2.62. The SMILES string of the molecule is CC1CCN(Cc2ccccc2CNC(=O)N(C)CC(C)C(=O)O)CC1. The van der Waals surface area contributed by atoms with Crippen LogP contribution in [-0.2, 0) is 17.9 Å². The molecule has 6 heteroatoms. The van der Waals surface area contributed by atoms with Crippen molar-refractivity contribution in [2.45, 2.75) is 39.8 Å². The highest BCUT2D eigenvalue weighted by Crippen LogP contribution is 2.19. The molecule has 0 aliphatic carbocycles. The molecule has 0 aromatic heterocycles. The number of urea groups is 1. The number of benzene rings is 1. The van der Waals surface area contributed by atoms with Gasteiger partial charge in [-0.05, 0) is 43.0 Å². The van der Waals surface area contributed by atoms with Crippen LogP contribution in [0.4, 0.5) is 4.79 Å². The first-order chi connectivity index (χ1) is 12.4. The highest BCUT2D eigenvalue weighted by Gasteiger charge is 2.19. The Balaban J connectivity index is 1.89. The van der Waals surface area contributed by atoms with Gasteiger partial charge < -0.3 is 15.3 Å². The molecule has 1 unspecified atom stereocenters. The molecule has 1 heterocycles. The minimum absolute atomic E-state index is 0.189. The highest BCUT2D eigenvalue weighted by molar-refractivity contribution is 5.75. The molecule has 1 aromatic carbocycles. The van der Waals surface area contributed by atoms with Crippen LogP contribution in [0.15, 0.2) is 24.3 Å². The Morgan fingerprint density at radius 2 is 1.88 bits per heavy atom. The molecule has 1 aliphatic rings. The van der Waals surface area contributed by atoms with Crippen LogP contribution < -0.4 is 5.32 Å². The van der Waals surface area contributed by atoms with Gasteiger partial charge in [-0.1, -0.05) is 38.1 Å². The van der Waals surface area contributed by atoms with E-state index in [9.17, 15) is 9.59 Å². The molecule has 144 valence electrons. The van der Waals surface area contributed by atoms with Gasteiger partial charge >= 0.3 is 12.0 Å². The fourth-order valence-electron chi connectivity index (χ4n) is 3.22. The van der Waals surface area contributed by atoms with Gasteiger partial charge in [-0.25, -0.2) is 4.79 Å². The first-order valence-corrected chi connectivity index (χ1v) is 9.37. The van der Waals surface area contributed by atoms with Crippen LogP contribution in [0.5, 0.6) is 0 Å². The predicted molar refractivity (Wildman–Crippen MR) is 102 cm³/mol. The molecule has 2 N–H and O–H groups in total. The molecule has 26 heavy (non-hydrogen) atoms. The molecule has 1 aliphatic heterocycles. The van der Waals surface area contributed by atoms with E-state index >= 15 is 0 Å². The van der Waals surface area contributed by atoms with Crippen molar-refractivity contribution in [3.8, 4) is 0 Å². The van der Waals surface area contributed by atoms with Crippen LogP contribution in [0, 0.1) is 11.8 Å². The van der Waals surface area contributed by atoms with Gasteiger partial charge in [0.25, 0.3) is 0 Å². The van der Waals surface area contributed by atoms with Gasteiger partial charge in [-0.15, -0.1) is 0 Å². The molecule has 2 amide bonds. The molecule has 0 radical (unpaired) electrons. The second-order valence-electron chi connectivity index (χ2n) is 7.51. The topological polar surface area (TPSA) is 72.9 Å². The van der Waals surface area contributed by atoms with Crippen LogP contribution in [0.3, 0.4) is 0 Å². The lowest BCUT2D eigenvalue weighted by Gasteiger charge is -2.30. The van der Waals surface area contributed by atoms with Crippen molar-refractivity contribution >= 4 is 12.0 Å². The summed E-state index contributed by atoms with van der Waals surface area (Å²) in [7, 11) is 1.62. The number of nitrogens with one attached hydrogen (secondary N) is 1. The Kier molecular flexibility index (Phi) is 7.45. The summed E-state index contributed by atoms with van der Waals surface area (Å²) in [6.07, 6.45) is 2.48. The Morgan fingerprint density at radius 1 is 1.27 bits per heavy atom. The first kappa shape index (κ1) is 20.2. The number of hydrogen-bond acceptors (Lipinski definition) is 3. The number of rotatable bonds is 7. The molecule has 0 spiro atoms. The number of carboxylic acid groups (broad SMARTS) is 1. The van der Waals surface area contributed by atoms with Crippen molar-refractivity contribution in [3.63, 3.8) is 0 Å². The number of aliphatic carboxylic acids is 1. The van der Waals surface area contributed by atoms with Gasteiger partial charge in [0.05, 0.1) is 5.92 Å². The molecular weight excluding hydrogens is 330 g/mol. The Hall–Kier alpha value is -2.08. The first-order valence-electron chi connectivity index (χ1n) is 9.37. The number of amides is 2. The van der Waals surface area contributed by atoms with Crippen molar-refractivity contribution in [1.29, 1.82) is 0 Å². The minimum atomic E-state index is -0.897. The highest BCUT2D eigenvalue weighted by atomic mass is 16.4. The van der Waals surface area contributed by atoms with Crippen LogP contribution in [-0.4, -0.2) is 53.6 Å². The molecule has 1 fully saturated rings. The van der Waals surface area contributed by atoms with E-state index in [1.165, 1.54) is 23.3 Å². The summed E-state index contributed by atoms with van der Waals surface area (Å²) < 4.78 is 0. The number of piperidine rings is 1. The van der Waals surface area contributed by atoms with Crippen LogP contribution >= 0.6 is 0 Å². The van der Waals surface area contributed by atoms with Crippen molar-refractivity contribution < 1.29 is 14.7 Å². The van der Waals surface area contributed by atoms with E-state index in [1.54, 1.807) is 14.0 Å². The largest absolute Gasteiger partial charge is 0.481 e. The third kappa shape index (κ3) is 6.02. The fourth-order valence-corrected chi connectivity index (χ4v) is 3.22. The van der Waals surface area contributed by atoms with Gasteiger partial charge in [-0.2, -0.15) is 0 Å². The zero-order chi connectivity index (χ0) is 19.1. The van der Waals surface area contributed by atoms with Gasteiger partial charge in [-0.3, -0.25) is 9.69 Å². The number of carbonyl (C=O) groups excluding carboxylic acids is 1. The number of nitrogens with zero attached hydrogens (tertiary/aromatic N) is 2. The summed E-state index contributed by atoms with van der Waals surface area (Å²) in [6, 6.07) is 7.94. The molecule has 0 bridgehead atoms. The smallest absolute Gasteiger partial charge is 0.317 e. The summed E-state index contributed by atoms with van der Waals surface area (Å²) in [6.45, 7) is 7.70. The molecule has 6 nitrogen and oxygen atoms in total. The number of hydrogen-bond donors (Lipinski definition) is 2. The second kappa shape index (κ2) is 9.57. The standard InChI is InChI=1S/C20H31N3O3/c1-15-8-10-23(11-9-15)14-18-7-5-4-6-17(18)12-21-20(26)22(3)13-16(2)19(24)25/h4-7,15-16H,8-14H2,1-3H3,(H,21,26)(H,24,25). The zero-order valence-corrected chi connectivity index (χ0v) is 16.1. The maximum Gasteiger partial charge on any atom is 0.317 e. The van der Waals surface area contributed by atoms with E-state index in [4.69, 9.17) is 5.11 Å². The van der Waals surface area contributed by atoms with E-state index in [2.05, 4.69) is 23.2 Å². The van der Waals surface area contributed by atoms with E-state index in [0.717, 1.165) is 31.1 Å². The minimum Gasteiger partial charge on any atom is -0.481 e. The third-order valence-electron chi connectivity index (χ3n) is 5.13. The van der Waals surface area contributed by atoms with Gasteiger partial charge in [0.2, 0.25) is 0 Å². The molecule has 1 atom stereocenters. The fraction of sp³-hybridized carbons (Fsp3) is 0.600. The normalized spacial score (nSPS) is 16.9. The summed E-state index contributed by atoms with van der Waals surface area (Å²) >= 11 is 0. The Bertz CT molecular complexity index is 612. The van der Waals surface area contributed by atoms with Crippen molar-refractivity contribution in [2.75, 3.05) is 26.7 Å². The van der Waals surface area contributed by atoms with Gasteiger partial charge in [0.15, 0.2) is 0 Å². The maximum absolute atomic E-state index is 12.2. The van der Waals surface area contributed by atoms with Crippen molar-refractivity contribution in [3.05, 3.63) is 35.4 Å². The Labute approximate surface area is 156 Å². The lowest BCUT2D eigenvalue weighted by Crippen LogP contribution is -2.40. The molecule has 1 aromatic rings. The van der Waals surface area contributed by atoms with Gasteiger partial charge in [0, 0.05) is 26.7 Å². The lowest BCUT2D eigenvalue weighted by molar-refractivity contribution is -0.141. The number of carboxylic acids is 1. The Morgan fingerprint density at radius 3 is 2.50 bits per heavy atom. The summed E-state index contributed by atoms with van der Waals surface area (Å²) in [5, 5.41) is 11.9. The average molecular weight is 361 g/mol. The third-order valence-corrected chi connectivity index (χ3v) is 5.13. The zero-order valence-electron chi connectivity index (χ0n) is 16.1. The summed E-state index contributed by atoms with van der Waals surface area (Å²) in [4.78, 5) is 27.0. The van der Waals surface area contributed by atoms with E-state index in [-0.39, 0.29) is 12.6 Å². The molecule has 2 rings (SSSR count). The second-order valence-corrected chi connectivity index (χ2v) is 7.51. The van der Waals surface area contributed by atoms with Crippen LogP contribution in [0.2, 0.25) is 0 Å².